The highest BCUT2D eigenvalue weighted by molar-refractivity contribution is 14.0. The molecule has 0 bridgehead atoms. The lowest BCUT2D eigenvalue weighted by molar-refractivity contribution is 0.169. The molecule has 10 heteroatoms. The molecule has 0 amide bonds. The summed E-state index contributed by atoms with van der Waals surface area (Å²) in [4.78, 5) is 8.99. The van der Waals surface area contributed by atoms with Crippen molar-refractivity contribution in [3.05, 3.63) is 30.2 Å². The van der Waals surface area contributed by atoms with E-state index in [2.05, 4.69) is 35.5 Å². The Morgan fingerprint density at radius 1 is 1.33 bits per heavy atom. The van der Waals surface area contributed by atoms with Crippen LogP contribution in [0.25, 0.3) is 0 Å². The smallest absolute Gasteiger partial charge is 0.194 e. The van der Waals surface area contributed by atoms with E-state index >= 15 is 0 Å². The lowest BCUT2D eigenvalue weighted by atomic mass is 10.3. The molecule has 0 aromatic carbocycles. The van der Waals surface area contributed by atoms with Crippen LogP contribution in [0.5, 0.6) is 0 Å². The summed E-state index contributed by atoms with van der Waals surface area (Å²) in [6.07, 6.45) is 3.31. The van der Waals surface area contributed by atoms with E-state index in [1.54, 1.807) is 19.6 Å². The van der Waals surface area contributed by atoms with Crippen LogP contribution in [0.15, 0.2) is 28.2 Å². The van der Waals surface area contributed by atoms with Crippen molar-refractivity contribution in [1.82, 2.24) is 35.0 Å². The lowest BCUT2D eigenvalue weighted by Crippen LogP contribution is -2.52. The minimum atomic E-state index is 0. The van der Waals surface area contributed by atoms with E-state index < -0.39 is 0 Å². The summed E-state index contributed by atoms with van der Waals surface area (Å²) in [5, 5.41) is 15.3. The van der Waals surface area contributed by atoms with Crippen molar-refractivity contribution in [2.45, 2.75) is 13.1 Å². The number of nitrogens with one attached hydrogen (secondary N) is 1. The van der Waals surface area contributed by atoms with Crippen LogP contribution in [0.4, 0.5) is 0 Å². The van der Waals surface area contributed by atoms with Crippen LogP contribution >= 0.6 is 24.0 Å². The van der Waals surface area contributed by atoms with Crippen LogP contribution in [0.2, 0.25) is 0 Å². The van der Waals surface area contributed by atoms with Crippen LogP contribution in [-0.4, -0.2) is 68.9 Å². The van der Waals surface area contributed by atoms with Gasteiger partial charge in [-0.2, -0.15) is 0 Å². The third-order valence-corrected chi connectivity index (χ3v) is 3.97. The maximum atomic E-state index is 4.88. The Balaban J connectivity index is 0.00000208. The quantitative estimate of drug-likeness (QED) is 0.411. The summed E-state index contributed by atoms with van der Waals surface area (Å²) in [6, 6.07) is 1.91. The van der Waals surface area contributed by atoms with Gasteiger partial charge in [0, 0.05) is 52.9 Å². The number of hydrogen-bond acceptors (Lipinski definition) is 6. The van der Waals surface area contributed by atoms with Crippen molar-refractivity contribution in [2.24, 2.45) is 12.0 Å². The monoisotopic (exact) mass is 446 g/mol. The fourth-order valence-corrected chi connectivity index (χ4v) is 2.62. The first-order valence-electron chi connectivity index (χ1n) is 7.66. The molecule has 0 aliphatic carbocycles. The third kappa shape index (κ3) is 4.66. The number of aromatic nitrogens is 4. The molecule has 0 atom stereocenters. The van der Waals surface area contributed by atoms with Crippen LogP contribution < -0.4 is 5.32 Å². The molecule has 0 spiro atoms. The molecule has 3 heterocycles. The van der Waals surface area contributed by atoms with Crippen molar-refractivity contribution in [3.8, 4) is 0 Å². The number of nitrogens with zero attached hydrogens (tertiary/aromatic N) is 7. The summed E-state index contributed by atoms with van der Waals surface area (Å²) in [5.41, 5.74) is 0.975. The maximum Gasteiger partial charge on any atom is 0.194 e. The van der Waals surface area contributed by atoms with Gasteiger partial charge < -0.3 is 19.3 Å². The molecule has 3 rings (SSSR count). The molecule has 0 saturated carbocycles. The Kier molecular flexibility index (Phi) is 6.97. The van der Waals surface area contributed by atoms with E-state index in [1.807, 2.05) is 17.7 Å². The van der Waals surface area contributed by atoms with Gasteiger partial charge in [0.25, 0.3) is 0 Å². The molecule has 0 radical (unpaired) electrons. The highest BCUT2D eigenvalue weighted by Gasteiger charge is 2.20. The second-order valence-corrected chi connectivity index (χ2v) is 5.51. The molecule has 2 aromatic heterocycles. The lowest BCUT2D eigenvalue weighted by Gasteiger charge is -2.36. The highest BCUT2D eigenvalue weighted by Crippen LogP contribution is 2.07. The molecule has 132 valence electrons. The molecule has 2 aromatic rings. The van der Waals surface area contributed by atoms with Crippen LogP contribution in [0.3, 0.4) is 0 Å². The zero-order chi connectivity index (χ0) is 16.1. The number of guanidine groups is 1. The van der Waals surface area contributed by atoms with E-state index in [0.29, 0.717) is 6.54 Å². The highest BCUT2D eigenvalue weighted by atomic mass is 127. The molecular formula is C14H23IN8O. The van der Waals surface area contributed by atoms with Gasteiger partial charge in [-0.25, -0.2) is 0 Å². The first-order chi connectivity index (χ1) is 11.3. The van der Waals surface area contributed by atoms with Gasteiger partial charge in [0.05, 0.1) is 12.2 Å². The van der Waals surface area contributed by atoms with Crippen LogP contribution in [0, 0.1) is 0 Å². The van der Waals surface area contributed by atoms with Crippen molar-refractivity contribution in [2.75, 3.05) is 33.2 Å². The number of aliphatic imine (C=N–C) groups is 1. The predicted octanol–water partition coefficient (Wildman–Crippen LogP) is 0.314. The van der Waals surface area contributed by atoms with Crippen molar-refractivity contribution in [1.29, 1.82) is 0 Å². The van der Waals surface area contributed by atoms with Gasteiger partial charge in [-0.05, 0) is 0 Å². The summed E-state index contributed by atoms with van der Waals surface area (Å²) < 4.78 is 6.78. The fraction of sp³-hybridized carbons (Fsp3) is 0.571. The maximum absolute atomic E-state index is 4.88. The molecule has 1 fully saturated rings. The molecule has 9 nitrogen and oxygen atoms in total. The zero-order valence-electron chi connectivity index (χ0n) is 13.9. The van der Waals surface area contributed by atoms with Gasteiger partial charge in [-0.15, -0.1) is 34.2 Å². The summed E-state index contributed by atoms with van der Waals surface area (Å²) in [6.45, 7) is 5.24. The van der Waals surface area contributed by atoms with E-state index in [9.17, 15) is 0 Å². The van der Waals surface area contributed by atoms with E-state index in [0.717, 1.165) is 50.2 Å². The van der Waals surface area contributed by atoms with Crippen LogP contribution in [-0.2, 0) is 20.1 Å². The first-order valence-corrected chi connectivity index (χ1v) is 7.66. The second-order valence-electron chi connectivity index (χ2n) is 5.51. The number of halogens is 1. The number of aryl methyl sites for hydroxylation is 1. The van der Waals surface area contributed by atoms with Gasteiger partial charge >= 0.3 is 0 Å². The van der Waals surface area contributed by atoms with Crippen LogP contribution in [0.1, 0.15) is 11.5 Å². The first kappa shape index (κ1) is 18.6. The van der Waals surface area contributed by atoms with Gasteiger partial charge in [-0.1, -0.05) is 5.16 Å². The Labute approximate surface area is 158 Å². The summed E-state index contributed by atoms with van der Waals surface area (Å²) >= 11 is 0. The van der Waals surface area contributed by atoms with E-state index in [4.69, 9.17) is 4.52 Å². The molecule has 24 heavy (non-hydrogen) atoms. The number of piperazine rings is 1. The second kappa shape index (κ2) is 8.97. The van der Waals surface area contributed by atoms with Gasteiger partial charge in [0.1, 0.15) is 12.6 Å². The number of rotatable bonds is 4. The van der Waals surface area contributed by atoms with E-state index in [-0.39, 0.29) is 24.0 Å². The minimum Gasteiger partial charge on any atom is -0.364 e. The zero-order valence-corrected chi connectivity index (χ0v) is 16.3. The Morgan fingerprint density at radius 3 is 2.71 bits per heavy atom. The SMILES string of the molecule is CN=C(NCc1nncn1C)N1CCN(Cc2ccon2)CC1.I. The fourth-order valence-electron chi connectivity index (χ4n) is 2.62. The normalized spacial score (nSPS) is 16.1. The largest absolute Gasteiger partial charge is 0.364 e. The Hall–Kier alpha value is -1.69. The Morgan fingerprint density at radius 2 is 2.12 bits per heavy atom. The topological polar surface area (TPSA) is 87.6 Å². The van der Waals surface area contributed by atoms with Gasteiger partial charge in [-0.3, -0.25) is 9.89 Å². The van der Waals surface area contributed by atoms with Crippen molar-refractivity contribution >= 4 is 29.9 Å². The minimum absolute atomic E-state index is 0. The molecule has 1 N–H and O–H groups in total. The average molecular weight is 446 g/mol. The van der Waals surface area contributed by atoms with Gasteiger partial charge in [0.2, 0.25) is 0 Å². The molecule has 1 aliphatic heterocycles. The molecule has 1 saturated heterocycles. The van der Waals surface area contributed by atoms with Crippen molar-refractivity contribution in [3.63, 3.8) is 0 Å². The summed E-state index contributed by atoms with van der Waals surface area (Å²) in [5.74, 6) is 1.78. The molecule has 1 aliphatic rings. The summed E-state index contributed by atoms with van der Waals surface area (Å²) in [7, 11) is 3.74. The predicted molar refractivity (Wildman–Crippen MR) is 100.0 cm³/mol. The Bertz CT molecular complexity index is 633. The molecule has 0 unspecified atom stereocenters. The number of hydrogen-bond donors (Lipinski definition) is 1. The van der Waals surface area contributed by atoms with E-state index in [1.165, 1.54) is 0 Å². The third-order valence-electron chi connectivity index (χ3n) is 3.97. The molecular weight excluding hydrogens is 423 g/mol. The average Bonchev–Trinajstić information content (AvgIpc) is 3.21. The van der Waals surface area contributed by atoms with Crippen molar-refractivity contribution < 1.29 is 4.52 Å². The standard InChI is InChI=1S/C14H22N8O.HI/c1-15-14(16-9-13-18-17-11-20(13)2)22-6-4-21(5-7-22)10-12-3-8-23-19-12;/h3,8,11H,4-7,9-10H2,1-2H3,(H,15,16);1H. The van der Waals surface area contributed by atoms with Gasteiger partial charge in [0.15, 0.2) is 11.8 Å².